The number of thiazole rings is 1. The van der Waals surface area contributed by atoms with E-state index in [1.54, 1.807) is 23.7 Å². The molecule has 1 aliphatic heterocycles. The molecule has 3 heterocycles. The summed E-state index contributed by atoms with van der Waals surface area (Å²) >= 11 is 1.65. The second-order valence-electron chi connectivity index (χ2n) is 7.24. The van der Waals surface area contributed by atoms with E-state index in [0.717, 1.165) is 44.1 Å². The van der Waals surface area contributed by atoms with Gasteiger partial charge in [-0.2, -0.15) is 0 Å². The number of hydrogen-bond acceptors (Lipinski definition) is 6. The van der Waals surface area contributed by atoms with E-state index in [2.05, 4.69) is 32.4 Å². The summed E-state index contributed by atoms with van der Waals surface area (Å²) in [5, 5.41) is 4.00. The van der Waals surface area contributed by atoms with Crippen molar-refractivity contribution in [1.82, 2.24) is 20.3 Å². The van der Waals surface area contributed by atoms with E-state index >= 15 is 0 Å². The molecular formula is C23H20N4O2S. The van der Waals surface area contributed by atoms with Gasteiger partial charge in [0.1, 0.15) is 18.2 Å². The molecule has 6 nitrogen and oxygen atoms in total. The Hall–Kier alpha value is -3.32. The molecule has 1 atom stereocenters. The van der Waals surface area contributed by atoms with Gasteiger partial charge in [0, 0.05) is 42.8 Å². The Bertz CT molecular complexity index is 1160. The molecule has 2 aromatic heterocycles. The summed E-state index contributed by atoms with van der Waals surface area (Å²) < 4.78 is 7.32. The third kappa shape index (κ3) is 3.89. The first-order chi connectivity index (χ1) is 14.8. The maximum absolute atomic E-state index is 12.3. The molecule has 7 heteroatoms. The van der Waals surface area contributed by atoms with Crippen LogP contribution in [0.15, 0.2) is 61.2 Å². The van der Waals surface area contributed by atoms with Crippen molar-refractivity contribution in [3.63, 3.8) is 0 Å². The Balaban J connectivity index is 1.16. The van der Waals surface area contributed by atoms with E-state index in [1.165, 1.54) is 6.33 Å². The topological polar surface area (TPSA) is 77.0 Å². The molecule has 0 saturated carbocycles. The molecule has 1 N–H and O–H groups in total. The van der Waals surface area contributed by atoms with Crippen LogP contribution in [0.25, 0.3) is 21.3 Å². The molecule has 0 aliphatic carbocycles. The number of aromatic nitrogens is 3. The second kappa shape index (κ2) is 8.20. The smallest absolute Gasteiger partial charge is 0.220 e. The van der Waals surface area contributed by atoms with Crippen molar-refractivity contribution in [3.8, 4) is 16.9 Å². The Kier molecular flexibility index (Phi) is 5.11. The summed E-state index contributed by atoms with van der Waals surface area (Å²) in [6, 6.07) is 14.1. The van der Waals surface area contributed by atoms with Crippen LogP contribution in [-0.4, -0.2) is 33.5 Å². The number of amides is 1. The van der Waals surface area contributed by atoms with Crippen molar-refractivity contribution in [1.29, 1.82) is 0 Å². The zero-order valence-electron chi connectivity index (χ0n) is 16.2. The van der Waals surface area contributed by atoms with E-state index in [9.17, 15) is 4.79 Å². The number of carbonyl (C=O) groups excluding carboxylic acids is 1. The quantitative estimate of drug-likeness (QED) is 0.517. The van der Waals surface area contributed by atoms with Crippen molar-refractivity contribution in [2.24, 2.45) is 0 Å². The van der Waals surface area contributed by atoms with Gasteiger partial charge < -0.3 is 10.1 Å². The van der Waals surface area contributed by atoms with Gasteiger partial charge >= 0.3 is 0 Å². The van der Waals surface area contributed by atoms with Gasteiger partial charge in [-0.3, -0.25) is 4.79 Å². The maximum atomic E-state index is 12.3. The monoisotopic (exact) mass is 416 g/mol. The minimum Gasteiger partial charge on any atom is -0.487 e. The normalized spacial score (nSPS) is 15.0. The first kappa shape index (κ1) is 18.7. The fourth-order valence-electron chi connectivity index (χ4n) is 3.68. The van der Waals surface area contributed by atoms with Crippen LogP contribution in [-0.2, 0) is 17.6 Å². The first-order valence-corrected chi connectivity index (χ1v) is 10.7. The van der Waals surface area contributed by atoms with Crippen LogP contribution >= 0.6 is 11.3 Å². The molecule has 0 radical (unpaired) electrons. The minimum absolute atomic E-state index is 0.0190. The average Bonchev–Trinajstić information content (AvgIpc) is 3.40. The zero-order valence-corrected chi connectivity index (χ0v) is 17.1. The molecule has 1 aliphatic rings. The molecule has 0 unspecified atom stereocenters. The SMILES string of the molecule is O=C(CCc1nc2ccccc2s1)NC[C@H]1Cc2cccc(-c3cncnc3)c2O1. The summed E-state index contributed by atoms with van der Waals surface area (Å²) in [6.45, 7) is 0.484. The highest BCUT2D eigenvalue weighted by Gasteiger charge is 2.26. The number of nitrogens with one attached hydrogen (secondary N) is 1. The molecule has 0 saturated heterocycles. The van der Waals surface area contributed by atoms with Crippen molar-refractivity contribution in [2.45, 2.75) is 25.4 Å². The van der Waals surface area contributed by atoms with Crippen LogP contribution in [0.5, 0.6) is 5.75 Å². The summed E-state index contributed by atoms with van der Waals surface area (Å²) in [5.41, 5.74) is 4.05. The van der Waals surface area contributed by atoms with Crippen LogP contribution in [0.4, 0.5) is 0 Å². The molecule has 0 fully saturated rings. The van der Waals surface area contributed by atoms with Gasteiger partial charge in [-0.05, 0) is 17.7 Å². The Morgan fingerprint density at radius 3 is 2.87 bits per heavy atom. The average molecular weight is 417 g/mol. The molecule has 30 heavy (non-hydrogen) atoms. The lowest BCUT2D eigenvalue weighted by molar-refractivity contribution is -0.121. The number of aryl methyl sites for hydroxylation is 1. The predicted molar refractivity (Wildman–Crippen MR) is 117 cm³/mol. The number of para-hydroxylation sites is 2. The third-order valence-electron chi connectivity index (χ3n) is 5.13. The highest BCUT2D eigenvalue weighted by Crippen LogP contribution is 2.38. The largest absolute Gasteiger partial charge is 0.487 e. The molecule has 4 aromatic rings. The van der Waals surface area contributed by atoms with Crippen molar-refractivity contribution in [2.75, 3.05) is 6.54 Å². The van der Waals surface area contributed by atoms with Gasteiger partial charge in [0.2, 0.25) is 5.91 Å². The lowest BCUT2D eigenvalue weighted by Gasteiger charge is -2.13. The van der Waals surface area contributed by atoms with Crippen LogP contribution in [0.3, 0.4) is 0 Å². The lowest BCUT2D eigenvalue weighted by Crippen LogP contribution is -2.34. The number of carbonyl (C=O) groups is 1. The summed E-state index contributed by atoms with van der Waals surface area (Å²) in [6.07, 6.45) is 6.85. The fraction of sp³-hybridized carbons (Fsp3) is 0.217. The predicted octanol–water partition coefficient (Wildman–Crippen LogP) is 3.81. The molecule has 2 aromatic carbocycles. The molecular weight excluding hydrogens is 396 g/mol. The molecule has 0 bridgehead atoms. The van der Waals surface area contributed by atoms with E-state index in [0.29, 0.717) is 19.4 Å². The highest BCUT2D eigenvalue weighted by atomic mass is 32.1. The number of rotatable bonds is 6. The summed E-state index contributed by atoms with van der Waals surface area (Å²) in [5.74, 6) is 0.881. The van der Waals surface area contributed by atoms with Crippen molar-refractivity contribution in [3.05, 3.63) is 71.8 Å². The van der Waals surface area contributed by atoms with Crippen LogP contribution in [0, 0.1) is 0 Å². The van der Waals surface area contributed by atoms with Gasteiger partial charge in [0.15, 0.2) is 0 Å². The first-order valence-electron chi connectivity index (χ1n) is 9.91. The number of hydrogen-bond donors (Lipinski definition) is 1. The van der Waals surface area contributed by atoms with E-state index < -0.39 is 0 Å². The number of nitrogens with zero attached hydrogens (tertiary/aromatic N) is 3. The highest BCUT2D eigenvalue weighted by molar-refractivity contribution is 7.18. The van der Waals surface area contributed by atoms with Crippen LogP contribution in [0.1, 0.15) is 17.0 Å². The molecule has 5 rings (SSSR count). The van der Waals surface area contributed by atoms with Gasteiger partial charge in [0.25, 0.3) is 0 Å². The molecule has 1 amide bonds. The van der Waals surface area contributed by atoms with Gasteiger partial charge in [-0.15, -0.1) is 11.3 Å². The Morgan fingerprint density at radius 1 is 1.13 bits per heavy atom. The number of benzene rings is 2. The van der Waals surface area contributed by atoms with E-state index in [1.807, 2.05) is 30.3 Å². The third-order valence-corrected chi connectivity index (χ3v) is 6.23. The maximum Gasteiger partial charge on any atom is 0.220 e. The molecule has 150 valence electrons. The van der Waals surface area contributed by atoms with Crippen molar-refractivity contribution < 1.29 is 9.53 Å². The van der Waals surface area contributed by atoms with Gasteiger partial charge in [-0.25, -0.2) is 15.0 Å². The standard InChI is InChI=1S/C23H20N4O2S/c28-21(8-9-22-27-19-6-1-2-7-20(19)30-22)26-13-17-10-15-4-3-5-18(23(15)29-17)16-11-24-14-25-12-16/h1-7,11-12,14,17H,8-10,13H2,(H,26,28)/t17-/m1/s1. The van der Waals surface area contributed by atoms with E-state index in [-0.39, 0.29) is 12.0 Å². The summed E-state index contributed by atoms with van der Waals surface area (Å²) in [4.78, 5) is 25.1. The van der Waals surface area contributed by atoms with Gasteiger partial charge in [-0.1, -0.05) is 30.3 Å². The van der Waals surface area contributed by atoms with Gasteiger partial charge in [0.05, 0.1) is 21.8 Å². The fourth-order valence-corrected chi connectivity index (χ4v) is 4.65. The van der Waals surface area contributed by atoms with Crippen LogP contribution in [0.2, 0.25) is 0 Å². The number of ether oxygens (including phenoxy) is 1. The number of fused-ring (bicyclic) bond motifs is 2. The molecule has 0 spiro atoms. The zero-order chi connectivity index (χ0) is 20.3. The second-order valence-corrected chi connectivity index (χ2v) is 8.36. The minimum atomic E-state index is -0.0721. The lowest BCUT2D eigenvalue weighted by atomic mass is 10.0. The van der Waals surface area contributed by atoms with Crippen LogP contribution < -0.4 is 10.1 Å². The van der Waals surface area contributed by atoms with Crippen molar-refractivity contribution >= 4 is 27.5 Å². The Morgan fingerprint density at radius 2 is 2.00 bits per heavy atom. The Labute approximate surface area is 178 Å². The summed E-state index contributed by atoms with van der Waals surface area (Å²) in [7, 11) is 0. The van der Waals surface area contributed by atoms with E-state index in [4.69, 9.17) is 4.74 Å².